The Balaban J connectivity index is 1.70. The number of rotatable bonds is 8. The predicted octanol–water partition coefficient (Wildman–Crippen LogP) is 2.88. The van der Waals surface area contributed by atoms with E-state index < -0.39 is 0 Å². The smallest absolute Gasteiger partial charge is 0.251 e. The molecule has 0 amide bonds. The first-order chi connectivity index (χ1) is 13.4. The fourth-order valence-electron chi connectivity index (χ4n) is 3.21. The molecule has 2 aromatic heterocycles. The highest BCUT2D eigenvalue weighted by atomic mass is 16.1. The van der Waals surface area contributed by atoms with E-state index in [1.807, 2.05) is 16.7 Å². The maximum absolute atomic E-state index is 12.0. The molecule has 0 saturated heterocycles. The minimum Gasteiger partial charge on any atom is -0.317 e. The molecule has 0 bridgehead atoms. The molecule has 0 radical (unpaired) electrons. The van der Waals surface area contributed by atoms with E-state index in [0.29, 0.717) is 11.7 Å². The quantitative estimate of drug-likeness (QED) is 0.650. The number of aromatic amines is 1. The number of aryl methyl sites for hydroxylation is 1. The standard InChI is InChI=1S/C21H28N6O/c1-5-27-14-22-25-19(27)13-26(4)12-16-6-8-17(9-7-16)21-23-18(10-15(2)3)11-20(28)24-21/h6-9,11,14-15H,5,10,12-13H2,1-4H3,(H,23,24,28). The molecule has 1 aromatic carbocycles. The SMILES string of the molecule is CCn1cnnc1CN(C)Cc1ccc(-c2nc(CC(C)C)cc(=O)[nH]2)cc1. The van der Waals surface area contributed by atoms with Gasteiger partial charge in [0, 0.05) is 30.4 Å². The van der Waals surface area contributed by atoms with Crippen LogP contribution in [0.2, 0.25) is 0 Å². The maximum Gasteiger partial charge on any atom is 0.251 e. The summed E-state index contributed by atoms with van der Waals surface area (Å²) in [6.45, 7) is 8.73. The van der Waals surface area contributed by atoms with Crippen molar-refractivity contribution in [3.05, 3.63) is 64.1 Å². The molecule has 0 aliphatic heterocycles. The summed E-state index contributed by atoms with van der Waals surface area (Å²) in [7, 11) is 2.07. The Labute approximate surface area is 165 Å². The van der Waals surface area contributed by atoms with Crippen LogP contribution in [-0.4, -0.2) is 36.7 Å². The van der Waals surface area contributed by atoms with Crippen molar-refractivity contribution in [2.24, 2.45) is 5.92 Å². The van der Waals surface area contributed by atoms with E-state index in [-0.39, 0.29) is 5.56 Å². The lowest BCUT2D eigenvalue weighted by atomic mass is 10.1. The van der Waals surface area contributed by atoms with E-state index in [0.717, 1.165) is 43.1 Å². The van der Waals surface area contributed by atoms with Gasteiger partial charge in [-0.25, -0.2) is 4.98 Å². The Morgan fingerprint density at radius 1 is 1.18 bits per heavy atom. The van der Waals surface area contributed by atoms with E-state index in [9.17, 15) is 4.79 Å². The van der Waals surface area contributed by atoms with Crippen LogP contribution >= 0.6 is 0 Å². The first-order valence-electron chi connectivity index (χ1n) is 9.69. The van der Waals surface area contributed by atoms with Gasteiger partial charge in [-0.3, -0.25) is 9.69 Å². The van der Waals surface area contributed by atoms with Crippen molar-refractivity contribution in [1.29, 1.82) is 0 Å². The highest BCUT2D eigenvalue weighted by Crippen LogP contribution is 2.17. The van der Waals surface area contributed by atoms with Crippen LogP contribution in [0.25, 0.3) is 11.4 Å². The Hall–Kier alpha value is -2.80. The number of benzene rings is 1. The van der Waals surface area contributed by atoms with Gasteiger partial charge in [0.2, 0.25) is 0 Å². The summed E-state index contributed by atoms with van der Waals surface area (Å²) in [5.74, 6) is 2.04. The van der Waals surface area contributed by atoms with Crippen LogP contribution in [0.1, 0.15) is 37.9 Å². The summed E-state index contributed by atoms with van der Waals surface area (Å²) in [4.78, 5) is 21.6. The van der Waals surface area contributed by atoms with Crippen LogP contribution in [0, 0.1) is 5.92 Å². The zero-order valence-corrected chi connectivity index (χ0v) is 17.0. The first-order valence-corrected chi connectivity index (χ1v) is 9.69. The number of hydrogen-bond donors (Lipinski definition) is 1. The van der Waals surface area contributed by atoms with E-state index in [1.54, 1.807) is 12.4 Å². The Morgan fingerprint density at radius 3 is 2.61 bits per heavy atom. The Morgan fingerprint density at radius 2 is 1.93 bits per heavy atom. The normalized spacial score (nSPS) is 11.5. The van der Waals surface area contributed by atoms with Crippen LogP contribution in [0.5, 0.6) is 0 Å². The molecule has 28 heavy (non-hydrogen) atoms. The second-order valence-corrected chi connectivity index (χ2v) is 7.59. The summed E-state index contributed by atoms with van der Waals surface area (Å²) in [5.41, 5.74) is 2.83. The van der Waals surface area contributed by atoms with E-state index in [4.69, 9.17) is 0 Å². The summed E-state index contributed by atoms with van der Waals surface area (Å²) in [6, 6.07) is 9.75. The van der Waals surface area contributed by atoms with Gasteiger partial charge < -0.3 is 9.55 Å². The molecular weight excluding hydrogens is 352 g/mol. The third-order valence-electron chi connectivity index (χ3n) is 4.54. The molecule has 0 aliphatic carbocycles. The lowest BCUT2D eigenvalue weighted by Gasteiger charge is -2.16. The lowest BCUT2D eigenvalue weighted by Crippen LogP contribution is -2.20. The summed E-state index contributed by atoms with van der Waals surface area (Å²) in [6.07, 6.45) is 2.56. The number of nitrogens with one attached hydrogen (secondary N) is 1. The van der Waals surface area contributed by atoms with Crippen molar-refractivity contribution in [2.45, 2.75) is 46.8 Å². The van der Waals surface area contributed by atoms with Gasteiger partial charge in [-0.15, -0.1) is 10.2 Å². The fourth-order valence-corrected chi connectivity index (χ4v) is 3.21. The van der Waals surface area contributed by atoms with Gasteiger partial charge in [-0.05, 0) is 31.9 Å². The summed E-state index contributed by atoms with van der Waals surface area (Å²) < 4.78 is 2.05. The number of nitrogens with zero attached hydrogens (tertiary/aromatic N) is 5. The molecule has 7 nitrogen and oxygen atoms in total. The topological polar surface area (TPSA) is 79.7 Å². The second-order valence-electron chi connectivity index (χ2n) is 7.59. The van der Waals surface area contributed by atoms with Crippen molar-refractivity contribution in [3.8, 4) is 11.4 Å². The highest BCUT2D eigenvalue weighted by molar-refractivity contribution is 5.55. The lowest BCUT2D eigenvalue weighted by molar-refractivity contribution is 0.305. The van der Waals surface area contributed by atoms with Crippen molar-refractivity contribution in [1.82, 2.24) is 29.6 Å². The van der Waals surface area contributed by atoms with Gasteiger partial charge in [-0.2, -0.15) is 0 Å². The van der Waals surface area contributed by atoms with Crippen LogP contribution in [-0.2, 0) is 26.1 Å². The molecule has 1 N–H and O–H groups in total. The molecule has 0 atom stereocenters. The number of aromatic nitrogens is 5. The molecule has 0 unspecified atom stereocenters. The van der Waals surface area contributed by atoms with Gasteiger partial charge in [0.15, 0.2) is 0 Å². The molecule has 148 valence electrons. The van der Waals surface area contributed by atoms with Gasteiger partial charge >= 0.3 is 0 Å². The third kappa shape index (κ3) is 5.13. The van der Waals surface area contributed by atoms with Crippen molar-refractivity contribution in [3.63, 3.8) is 0 Å². The third-order valence-corrected chi connectivity index (χ3v) is 4.54. The minimum absolute atomic E-state index is 0.107. The average molecular weight is 380 g/mol. The number of hydrogen-bond acceptors (Lipinski definition) is 5. The monoisotopic (exact) mass is 380 g/mol. The van der Waals surface area contributed by atoms with Crippen molar-refractivity contribution < 1.29 is 0 Å². The molecule has 0 spiro atoms. The largest absolute Gasteiger partial charge is 0.317 e. The van der Waals surface area contributed by atoms with E-state index in [2.05, 4.69) is 65.0 Å². The Kier molecular flexibility index (Phi) is 6.36. The van der Waals surface area contributed by atoms with E-state index >= 15 is 0 Å². The maximum atomic E-state index is 12.0. The summed E-state index contributed by atoms with van der Waals surface area (Å²) in [5, 5.41) is 8.17. The molecular formula is C21H28N6O. The minimum atomic E-state index is -0.107. The van der Waals surface area contributed by atoms with Crippen molar-refractivity contribution in [2.75, 3.05) is 7.05 Å². The van der Waals surface area contributed by atoms with Gasteiger partial charge in [-0.1, -0.05) is 38.1 Å². The summed E-state index contributed by atoms with van der Waals surface area (Å²) >= 11 is 0. The van der Waals surface area contributed by atoms with Crippen LogP contribution in [0.15, 0.2) is 41.5 Å². The molecule has 3 aromatic rings. The first kappa shape index (κ1) is 19.9. The molecule has 0 fully saturated rings. The molecule has 0 aliphatic rings. The molecule has 2 heterocycles. The van der Waals surface area contributed by atoms with Crippen molar-refractivity contribution >= 4 is 0 Å². The van der Waals surface area contributed by atoms with Gasteiger partial charge in [0.05, 0.1) is 6.54 Å². The molecule has 3 rings (SSSR count). The second kappa shape index (κ2) is 8.93. The fraction of sp³-hybridized carbons (Fsp3) is 0.429. The van der Waals surface area contributed by atoms with Crippen LogP contribution in [0.4, 0.5) is 0 Å². The van der Waals surface area contributed by atoms with Gasteiger partial charge in [0.25, 0.3) is 5.56 Å². The molecule has 0 saturated carbocycles. The van der Waals surface area contributed by atoms with Gasteiger partial charge in [0.1, 0.15) is 18.0 Å². The average Bonchev–Trinajstić information content (AvgIpc) is 3.08. The van der Waals surface area contributed by atoms with E-state index in [1.165, 1.54) is 5.56 Å². The Bertz CT molecular complexity index is 958. The van der Waals surface area contributed by atoms with Crippen LogP contribution < -0.4 is 5.56 Å². The number of H-pyrrole nitrogens is 1. The molecule has 7 heteroatoms. The highest BCUT2D eigenvalue weighted by Gasteiger charge is 2.09. The zero-order valence-electron chi connectivity index (χ0n) is 17.0. The van der Waals surface area contributed by atoms with Crippen LogP contribution in [0.3, 0.4) is 0 Å². The zero-order chi connectivity index (χ0) is 20.1. The predicted molar refractivity (Wildman–Crippen MR) is 110 cm³/mol.